The molecule has 0 saturated heterocycles. The van der Waals surface area contributed by atoms with Crippen molar-refractivity contribution in [3.05, 3.63) is 87.4 Å². The van der Waals surface area contributed by atoms with E-state index in [0.29, 0.717) is 29.5 Å². The van der Waals surface area contributed by atoms with Crippen molar-refractivity contribution in [3.8, 4) is 17.6 Å². The van der Waals surface area contributed by atoms with Gasteiger partial charge >= 0.3 is 6.18 Å². The second-order valence-corrected chi connectivity index (χ2v) is 7.70. The molecule has 2 aromatic heterocycles. The Morgan fingerprint density at radius 3 is 2.38 bits per heavy atom. The molecule has 1 fully saturated rings. The summed E-state index contributed by atoms with van der Waals surface area (Å²) in [6.45, 7) is 2.16. The standard InChI is InChI=1S/C24H20F3N3O2/c1-16-10-21(32-15-20-12-28-23(29-13-20)24(25,26)27)11-22(31)30(16)14-19-8-6-18(7-9-19)5-4-17-2-3-17/h6-13,17H,2-3,14-15H2,1H3. The summed E-state index contributed by atoms with van der Waals surface area (Å²) >= 11 is 0. The second-order valence-electron chi connectivity index (χ2n) is 7.70. The van der Waals surface area contributed by atoms with Crippen molar-refractivity contribution >= 4 is 0 Å². The molecule has 164 valence electrons. The predicted octanol–water partition coefficient (Wildman–Crippen LogP) is 4.35. The Morgan fingerprint density at radius 2 is 1.78 bits per heavy atom. The summed E-state index contributed by atoms with van der Waals surface area (Å²) in [4.78, 5) is 19.2. The smallest absolute Gasteiger partial charge is 0.451 e. The van der Waals surface area contributed by atoms with Crippen molar-refractivity contribution in [2.75, 3.05) is 0 Å². The monoisotopic (exact) mass is 439 g/mol. The quantitative estimate of drug-likeness (QED) is 0.555. The Labute approximate surface area is 182 Å². The molecule has 0 spiro atoms. The number of alkyl halides is 3. The minimum absolute atomic E-state index is 0.0512. The van der Waals surface area contributed by atoms with Gasteiger partial charge in [0.1, 0.15) is 12.4 Å². The van der Waals surface area contributed by atoms with Crippen LogP contribution in [0.3, 0.4) is 0 Å². The van der Waals surface area contributed by atoms with Crippen LogP contribution >= 0.6 is 0 Å². The highest BCUT2D eigenvalue weighted by atomic mass is 19.4. The molecule has 1 saturated carbocycles. The van der Waals surface area contributed by atoms with Gasteiger partial charge in [0.25, 0.3) is 5.56 Å². The van der Waals surface area contributed by atoms with Crippen LogP contribution in [0.5, 0.6) is 5.75 Å². The van der Waals surface area contributed by atoms with Gasteiger partial charge < -0.3 is 9.30 Å². The van der Waals surface area contributed by atoms with E-state index in [2.05, 4.69) is 21.8 Å². The molecule has 0 atom stereocenters. The van der Waals surface area contributed by atoms with E-state index in [9.17, 15) is 18.0 Å². The van der Waals surface area contributed by atoms with Crippen molar-refractivity contribution in [2.24, 2.45) is 5.92 Å². The fraction of sp³-hybridized carbons (Fsp3) is 0.292. The van der Waals surface area contributed by atoms with Gasteiger partial charge in [0.05, 0.1) is 6.54 Å². The van der Waals surface area contributed by atoms with E-state index in [4.69, 9.17) is 4.74 Å². The van der Waals surface area contributed by atoms with Crippen molar-refractivity contribution in [1.82, 2.24) is 14.5 Å². The third-order valence-corrected chi connectivity index (χ3v) is 4.97. The van der Waals surface area contributed by atoms with Gasteiger partial charge in [-0.2, -0.15) is 13.2 Å². The summed E-state index contributed by atoms with van der Waals surface area (Å²) in [6.07, 6.45) is -0.104. The second kappa shape index (κ2) is 8.87. The Hall–Kier alpha value is -3.60. The zero-order valence-corrected chi connectivity index (χ0v) is 17.3. The zero-order valence-electron chi connectivity index (χ0n) is 17.3. The molecule has 3 aromatic rings. The topological polar surface area (TPSA) is 57.0 Å². The molecule has 2 heterocycles. The molecule has 0 aliphatic heterocycles. The summed E-state index contributed by atoms with van der Waals surface area (Å²) in [7, 11) is 0. The Morgan fingerprint density at radius 1 is 1.09 bits per heavy atom. The number of benzene rings is 1. The Bertz CT molecular complexity index is 1220. The van der Waals surface area contributed by atoms with Crippen LogP contribution in [-0.4, -0.2) is 14.5 Å². The Kier molecular flexibility index (Phi) is 5.99. The first kappa shape index (κ1) is 21.6. The van der Waals surface area contributed by atoms with Crippen LogP contribution in [0.4, 0.5) is 13.2 Å². The molecule has 8 heteroatoms. The summed E-state index contributed by atoms with van der Waals surface area (Å²) in [5, 5.41) is 0. The molecule has 4 rings (SSSR count). The molecule has 0 unspecified atom stereocenters. The number of pyridine rings is 1. The maximum absolute atomic E-state index is 12.6. The molecular formula is C24H20F3N3O2. The van der Waals surface area contributed by atoms with Crippen LogP contribution in [0.15, 0.2) is 53.6 Å². The van der Waals surface area contributed by atoms with Crippen molar-refractivity contribution in [2.45, 2.75) is 39.1 Å². The number of rotatable bonds is 5. The average Bonchev–Trinajstić information content (AvgIpc) is 3.58. The highest BCUT2D eigenvalue weighted by Gasteiger charge is 2.34. The number of aryl methyl sites for hydroxylation is 1. The lowest BCUT2D eigenvalue weighted by molar-refractivity contribution is -0.145. The van der Waals surface area contributed by atoms with Gasteiger partial charge in [-0.3, -0.25) is 4.79 Å². The van der Waals surface area contributed by atoms with E-state index < -0.39 is 12.0 Å². The van der Waals surface area contributed by atoms with E-state index in [0.717, 1.165) is 23.5 Å². The molecular weight excluding hydrogens is 419 g/mol. The fourth-order valence-corrected chi connectivity index (χ4v) is 3.02. The number of nitrogens with zero attached hydrogens (tertiary/aromatic N) is 3. The van der Waals surface area contributed by atoms with Crippen LogP contribution in [0.25, 0.3) is 0 Å². The molecule has 1 aliphatic carbocycles. The van der Waals surface area contributed by atoms with E-state index in [-0.39, 0.29) is 12.2 Å². The van der Waals surface area contributed by atoms with Gasteiger partial charge in [-0.15, -0.1) is 0 Å². The molecule has 0 amide bonds. The fourth-order valence-electron chi connectivity index (χ4n) is 3.02. The molecule has 1 aromatic carbocycles. The highest BCUT2D eigenvalue weighted by Crippen LogP contribution is 2.27. The lowest BCUT2D eigenvalue weighted by Crippen LogP contribution is -2.22. The van der Waals surface area contributed by atoms with Crippen LogP contribution in [0.1, 0.15) is 41.1 Å². The highest BCUT2D eigenvalue weighted by molar-refractivity contribution is 5.37. The predicted molar refractivity (Wildman–Crippen MR) is 112 cm³/mol. The number of hydrogen-bond acceptors (Lipinski definition) is 4. The third-order valence-electron chi connectivity index (χ3n) is 4.97. The molecule has 0 radical (unpaired) electrons. The normalized spacial score (nSPS) is 13.4. The van der Waals surface area contributed by atoms with E-state index in [1.54, 1.807) is 17.6 Å². The molecule has 32 heavy (non-hydrogen) atoms. The van der Waals surface area contributed by atoms with Crippen LogP contribution in [0.2, 0.25) is 0 Å². The van der Waals surface area contributed by atoms with Gasteiger partial charge in [-0.05, 0) is 43.5 Å². The number of aromatic nitrogens is 3. The Balaban J connectivity index is 1.40. The number of halogens is 3. The lowest BCUT2D eigenvalue weighted by atomic mass is 10.1. The van der Waals surface area contributed by atoms with Crippen LogP contribution < -0.4 is 10.3 Å². The van der Waals surface area contributed by atoms with Gasteiger partial charge in [0, 0.05) is 41.2 Å². The summed E-state index contributed by atoms with van der Waals surface area (Å²) in [6, 6.07) is 10.9. The lowest BCUT2D eigenvalue weighted by Gasteiger charge is -2.13. The number of hydrogen-bond donors (Lipinski definition) is 0. The minimum atomic E-state index is -4.59. The summed E-state index contributed by atoms with van der Waals surface area (Å²) < 4.78 is 44.8. The average molecular weight is 439 g/mol. The summed E-state index contributed by atoms with van der Waals surface area (Å²) in [5.74, 6) is 6.06. The van der Waals surface area contributed by atoms with Crippen molar-refractivity contribution < 1.29 is 17.9 Å². The van der Waals surface area contributed by atoms with E-state index in [1.807, 2.05) is 24.3 Å². The van der Waals surface area contributed by atoms with Gasteiger partial charge in [0.15, 0.2) is 0 Å². The van der Waals surface area contributed by atoms with Crippen LogP contribution in [-0.2, 0) is 19.3 Å². The van der Waals surface area contributed by atoms with Crippen LogP contribution in [0, 0.1) is 24.7 Å². The first-order chi connectivity index (χ1) is 15.3. The molecule has 0 bridgehead atoms. The first-order valence-corrected chi connectivity index (χ1v) is 10.1. The number of ether oxygens (including phenoxy) is 1. The van der Waals surface area contributed by atoms with Gasteiger partial charge in [-0.1, -0.05) is 24.0 Å². The van der Waals surface area contributed by atoms with Gasteiger partial charge in [-0.25, -0.2) is 9.97 Å². The maximum Gasteiger partial charge on any atom is 0.451 e. The largest absolute Gasteiger partial charge is 0.489 e. The molecule has 1 aliphatic rings. The minimum Gasteiger partial charge on any atom is -0.489 e. The first-order valence-electron chi connectivity index (χ1n) is 10.1. The third kappa shape index (κ3) is 5.55. The van der Waals surface area contributed by atoms with Crippen molar-refractivity contribution in [3.63, 3.8) is 0 Å². The molecule has 0 N–H and O–H groups in total. The van der Waals surface area contributed by atoms with E-state index >= 15 is 0 Å². The van der Waals surface area contributed by atoms with E-state index in [1.165, 1.54) is 18.9 Å². The SMILES string of the molecule is Cc1cc(OCc2cnc(C(F)(F)F)nc2)cc(=O)n1Cc1ccc(C#CC2CC2)cc1. The molecule has 5 nitrogen and oxygen atoms in total. The van der Waals surface area contributed by atoms with Crippen molar-refractivity contribution in [1.29, 1.82) is 0 Å². The zero-order chi connectivity index (χ0) is 22.7. The summed E-state index contributed by atoms with van der Waals surface area (Å²) in [5.41, 5.74) is 2.77. The van der Waals surface area contributed by atoms with Gasteiger partial charge in [0.2, 0.25) is 5.82 Å². The maximum atomic E-state index is 12.6.